The molecule has 12 heteroatoms. The Morgan fingerprint density at radius 3 is 2.09 bits per heavy atom. The van der Waals surface area contributed by atoms with E-state index in [0.29, 0.717) is 19.1 Å². The first-order valence-electron chi connectivity index (χ1n) is 9.79. The number of carbonyl (C=O) groups is 1. The van der Waals surface area contributed by atoms with E-state index in [1.54, 1.807) is 13.8 Å². The van der Waals surface area contributed by atoms with Crippen LogP contribution in [0, 0.1) is 0 Å². The largest absolute Gasteiger partial charge is 0.432 e. The van der Waals surface area contributed by atoms with Crippen molar-refractivity contribution in [2.75, 3.05) is 0 Å². The van der Waals surface area contributed by atoms with Crippen LogP contribution in [0.5, 0.6) is 0 Å². The zero-order valence-electron chi connectivity index (χ0n) is 17.9. The van der Waals surface area contributed by atoms with Crippen LogP contribution in [-0.4, -0.2) is 22.9 Å². The molecule has 0 radical (unpaired) electrons. The Labute approximate surface area is 200 Å². The van der Waals surface area contributed by atoms with Crippen molar-refractivity contribution >= 4 is 40.2 Å². The summed E-state index contributed by atoms with van der Waals surface area (Å²) < 4.78 is 88.3. The zero-order valence-corrected chi connectivity index (χ0v) is 19.4. The molecule has 0 spiro atoms. The van der Waals surface area contributed by atoms with Crippen LogP contribution >= 0.6 is 23.2 Å². The van der Waals surface area contributed by atoms with Crippen LogP contribution in [0.25, 0.3) is 16.6 Å². The second-order valence-electron chi connectivity index (χ2n) is 7.94. The molecule has 0 aliphatic heterocycles. The van der Waals surface area contributed by atoms with Gasteiger partial charge in [-0.25, -0.2) is 4.79 Å². The van der Waals surface area contributed by atoms with E-state index in [4.69, 9.17) is 27.9 Å². The lowest BCUT2D eigenvalue weighted by molar-refractivity contribution is -0.256. The Morgan fingerprint density at radius 2 is 1.59 bits per heavy atom. The zero-order chi connectivity index (χ0) is 25.6. The lowest BCUT2D eigenvalue weighted by Gasteiger charge is -2.32. The molecular weight excluding hydrogens is 509 g/mol. The third-order valence-corrected chi connectivity index (χ3v) is 5.63. The van der Waals surface area contributed by atoms with Gasteiger partial charge in [-0.05, 0) is 39.0 Å². The highest BCUT2D eigenvalue weighted by molar-refractivity contribution is 6.38. The molecule has 1 N–H and O–H groups in total. The molecule has 1 atom stereocenters. The Morgan fingerprint density at radius 1 is 1.03 bits per heavy atom. The molecular formula is C22H18Cl2F6N2O2. The van der Waals surface area contributed by atoms with Crippen LogP contribution in [0.15, 0.2) is 42.6 Å². The molecule has 3 rings (SSSR count). The first-order valence-corrected chi connectivity index (χ1v) is 10.5. The van der Waals surface area contributed by atoms with E-state index in [1.165, 1.54) is 24.3 Å². The number of alkyl halides is 6. The van der Waals surface area contributed by atoms with Crippen molar-refractivity contribution < 1.29 is 35.9 Å². The fourth-order valence-electron chi connectivity index (χ4n) is 3.42. The average Bonchev–Trinajstić information content (AvgIpc) is 3.05. The van der Waals surface area contributed by atoms with Crippen molar-refractivity contribution in [1.29, 1.82) is 0 Å². The fourth-order valence-corrected chi connectivity index (χ4v) is 4.09. The normalized spacial score (nSPS) is 14.4. The van der Waals surface area contributed by atoms with E-state index in [2.05, 4.69) is 5.32 Å². The molecule has 0 fully saturated rings. The molecule has 0 bridgehead atoms. The number of halogens is 8. The Kier molecular flexibility index (Phi) is 6.80. The number of ether oxygens (including phenoxy) is 1. The number of carbonyl (C=O) groups excluding carboxylic acids is 1. The predicted octanol–water partition coefficient (Wildman–Crippen LogP) is 7.87. The summed E-state index contributed by atoms with van der Waals surface area (Å²) in [5.74, 6) is 0. The smallest absolute Gasteiger partial charge is 0.428 e. The maximum absolute atomic E-state index is 14.3. The first-order chi connectivity index (χ1) is 15.6. The van der Waals surface area contributed by atoms with Gasteiger partial charge in [0.25, 0.3) is 0 Å². The molecule has 4 nitrogen and oxygen atoms in total. The first kappa shape index (κ1) is 26.0. The summed E-state index contributed by atoms with van der Waals surface area (Å²) in [4.78, 5) is 12.2. The Hall–Kier alpha value is -2.59. The van der Waals surface area contributed by atoms with Crippen molar-refractivity contribution in [2.45, 2.75) is 44.8 Å². The summed E-state index contributed by atoms with van der Waals surface area (Å²) in [5, 5.41) is 1.42. The number of nitrogens with one attached hydrogen (secondary N) is 1. The molecule has 0 aliphatic rings. The summed E-state index contributed by atoms with van der Waals surface area (Å²) in [6.07, 6.45) is -10.1. The van der Waals surface area contributed by atoms with Crippen molar-refractivity contribution in [3.8, 4) is 5.69 Å². The van der Waals surface area contributed by atoms with Gasteiger partial charge in [0.15, 0.2) is 0 Å². The van der Waals surface area contributed by atoms with Gasteiger partial charge in [-0.1, -0.05) is 41.4 Å². The Bertz CT molecular complexity index is 1210. The summed E-state index contributed by atoms with van der Waals surface area (Å²) in [6.45, 7) is 3.79. The quantitative estimate of drug-likeness (QED) is 0.351. The number of amides is 1. The summed E-state index contributed by atoms with van der Waals surface area (Å²) >= 11 is 12.2. The van der Waals surface area contributed by atoms with Crippen LogP contribution in [0.2, 0.25) is 10.0 Å². The highest BCUT2D eigenvalue weighted by Gasteiger charge is 2.57. The summed E-state index contributed by atoms with van der Waals surface area (Å²) in [6, 6.07) is 6.56. The molecule has 184 valence electrons. The summed E-state index contributed by atoms with van der Waals surface area (Å²) in [5.41, 5.74) is -4.68. The fraction of sp³-hybridized carbons (Fsp3) is 0.318. The number of fused-ring (bicyclic) bond motifs is 1. The van der Waals surface area contributed by atoms with Crippen LogP contribution in [0.4, 0.5) is 31.1 Å². The SMILES string of the molecule is CC(C)NC(=O)OC(C)(c1cn(-c2c(Cl)cc(C(F)(F)F)cc2Cl)c2ccccc12)C(F)(F)F. The van der Waals surface area contributed by atoms with Gasteiger partial charge in [-0.15, -0.1) is 0 Å². The van der Waals surface area contributed by atoms with Gasteiger partial charge in [0, 0.05) is 23.2 Å². The van der Waals surface area contributed by atoms with Crippen molar-refractivity contribution in [3.05, 3.63) is 63.8 Å². The third-order valence-electron chi connectivity index (χ3n) is 5.06. The molecule has 0 saturated heterocycles. The van der Waals surface area contributed by atoms with E-state index >= 15 is 0 Å². The van der Waals surface area contributed by atoms with Gasteiger partial charge >= 0.3 is 18.4 Å². The number of para-hydroxylation sites is 1. The number of aromatic nitrogens is 1. The second-order valence-corrected chi connectivity index (χ2v) is 8.75. The number of alkyl carbamates (subject to hydrolysis) is 1. The van der Waals surface area contributed by atoms with Crippen LogP contribution in [0.3, 0.4) is 0 Å². The standard InChI is InChI=1S/C22H18Cl2F6N2O2/c1-11(2)31-19(33)34-20(3,22(28,29)30)14-10-32(17-7-5-4-6-13(14)17)18-15(23)8-12(9-16(18)24)21(25,26)27/h4-11H,1-3H3,(H,31,33). The Balaban J connectivity index is 2.28. The van der Waals surface area contributed by atoms with Crippen molar-refractivity contribution in [1.82, 2.24) is 9.88 Å². The van der Waals surface area contributed by atoms with Crippen molar-refractivity contribution in [2.24, 2.45) is 0 Å². The predicted molar refractivity (Wildman–Crippen MR) is 116 cm³/mol. The number of benzene rings is 2. The molecule has 0 aliphatic carbocycles. The highest BCUT2D eigenvalue weighted by atomic mass is 35.5. The molecule has 1 heterocycles. The maximum atomic E-state index is 14.3. The average molecular weight is 527 g/mol. The minimum absolute atomic E-state index is 0.0340. The van der Waals surface area contributed by atoms with Crippen LogP contribution in [-0.2, 0) is 16.5 Å². The third kappa shape index (κ3) is 4.79. The molecule has 1 amide bonds. The molecule has 2 aromatic carbocycles. The van der Waals surface area contributed by atoms with E-state index in [0.717, 1.165) is 10.8 Å². The number of nitrogens with zero attached hydrogens (tertiary/aromatic N) is 1. The van der Waals surface area contributed by atoms with Crippen molar-refractivity contribution in [3.63, 3.8) is 0 Å². The van der Waals surface area contributed by atoms with E-state index in [1.807, 2.05) is 0 Å². The highest BCUT2D eigenvalue weighted by Crippen LogP contribution is 2.47. The topological polar surface area (TPSA) is 43.3 Å². The second kappa shape index (κ2) is 8.88. The van der Waals surface area contributed by atoms with E-state index in [-0.39, 0.29) is 16.6 Å². The molecule has 1 unspecified atom stereocenters. The van der Waals surface area contributed by atoms with E-state index < -0.39 is 51.3 Å². The lowest BCUT2D eigenvalue weighted by Crippen LogP contribution is -2.46. The number of hydrogen-bond acceptors (Lipinski definition) is 2. The van der Waals surface area contributed by atoms with Crippen LogP contribution < -0.4 is 5.32 Å². The number of rotatable bonds is 4. The van der Waals surface area contributed by atoms with Gasteiger partial charge in [0.1, 0.15) is 0 Å². The van der Waals surface area contributed by atoms with Gasteiger partial charge in [-0.2, -0.15) is 26.3 Å². The minimum Gasteiger partial charge on any atom is -0.428 e. The number of hydrogen-bond donors (Lipinski definition) is 1. The maximum Gasteiger partial charge on any atom is 0.432 e. The van der Waals surface area contributed by atoms with Gasteiger partial charge in [0.2, 0.25) is 5.60 Å². The van der Waals surface area contributed by atoms with Gasteiger partial charge in [0.05, 0.1) is 26.8 Å². The van der Waals surface area contributed by atoms with Gasteiger partial charge < -0.3 is 14.6 Å². The molecule has 3 aromatic rings. The molecule has 1 aromatic heterocycles. The molecule has 0 saturated carbocycles. The van der Waals surface area contributed by atoms with Crippen LogP contribution in [0.1, 0.15) is 31.9 Å². The monoisotopic (exact) mass is 526 g/mol. The summed E-state index contributed by atoms with van der Waals surface area (Å²) in [7, 11) is 0. The minimum atomic E-state index is -5.05. The lowest BCUT2D eigenvalue weighted by atomic mass is 9.94. The van der Waals surface area contributed by atoms with E-state index in [9.17, 15) is 31.1 Å². The van der Waals surface area contributed by atoms with Gasteiger partial charge in [-0.3, -0.25) is 0 Å². The molecule has 34 heavy (non-hydrogen) atoms.